The molecule has 11 heteroatoms. The number of hydrogen-bond donors (Lipinski definition) is 2. The average Bonchev–Trinajstić information content (AvgIpc) is 3.52. The molecule has 3 aliphatic heterocycles. The molecule has 4 heterocycles. The largest absolute Gasteiger partial charge is 0.493 e. The predicted molar refractivity (Wildman–Crippen MR) is 141 cm³/mol. The van der Waals surface area contributed by atoms with Crippen LogP contribution in [0.25, 0.3) is 0 Å². The Hall–Kier alpha value is -4.54. The van der Waals surface area contributed by atoms with E-state index in [4.69, 9.17) is 14.2 Å². The van der Waals surface area contributed by atoms with E-state index in [0.717, 1.165) is 11.3 Å². The molecule has 0 unspecified atom stereocenters. The number of hydrogen-bond acceptors (Lipinski definition) is 7. The van der Waals surface area contributed by atoms with Crippen LogP contribution in [0.3, 0.4) is 0 Å². The summed E-state index contributed by atoms with van der Waals surface area (Å²) in [5.41, 5.74) is 2.47. The summed E-state index contributed by atoms with van der Waals surface area (Å²) in [4.78, 5) is 40.8. The SMILES string of the molecule is CCn1nc(C)cc1C(=O)N1C[C@@H]2NC(=O)c3ccc(OC)c(c3)OCC(=O)NCc3ccc(cc3)O[C@H]2C1. The molecule has 2 aromatic carbocycles. The molecule has 0 aliphatic carbocycles. The number of methoxy groups -OCH3 is 1. The maximum absolute atomic E-state index is 13.5. The van der Waals surface area contributed by atoms with Gasteiger partial charge in [-0.05, 0) is 55.8 Å². The Kier molecular flexibility index (Phi) is 7.40. The summed E-state index contributed by atoms with van der Waals surface area (Å²) in [5.74, 6) is 0.417. The van der Waals surface area contributed by atoms with Gasteiger partial charge in [-0.1, -0.05) is 12.1 Å². The van der Waals surface area contributed by atoms with Crippen LogP contribution in [0.4, 0.5) is 0 Å². The van der Waals surface area contributed by atoms with Gasteiger partial charge in [-0.15, -0.1) is 0 Å². The number of likely N-dealkylation sites (tertiary alicyclic amines) is 1. The molecule has 1 aromatic heterocycles. The zero-order chi connectivity index (χ0) is 27.5. The molecule has 4 bridgehead atoms. The molecule has 39 heavy (non-hydrogen) atoms. The van der Waals surface area contributed by atoms with Gasteiger partial charge in [0, 0.05) is 25.2 Å². The van der Waals surface area contributed by atoms with Crippen LogP contribution in [0, 0.1) is 6.92 Å². The molecule has 2 atom stereocenters. The van der Waals surface area contributed by atoms with Gasteiger partial charge in [0.25, 0.3) is 17.7 Å². The third-order valence-electron chi connectivity index (χ3n) is 6.78. The smallest absolute Gasteiger partial charge is 0.272 e. The summed E-state index contributed by atoms with van der Waals surface area (Å²) in [5, 5.41) is 10.2. The maximum Gasteiger partial charge on any atom is 0.272 e. The van der Waals surface area contributed by atoms with Gasteiger partial charge in [-0.3, -0.25) is 19.1 Å². The van der Waals surface area contributed by atoms with E-state index in [9.17, 15) is 14.4 Å². The van der Waals surface area contributed by atoms with E-state index < -0.39 is 12.1 Å². The summed E-state index contributed by atoms with van der Waals surface area (Å²) in [6.07, 6.45) is -0.493. The van der Waals surface area contributed by atoms with Crippen LogP contribution in [0.1, 0.15) is 39.0 Å². The van der Waals surface area contributed by atoms with Crippen molar-refractivity contribution in [3.05, 3.63) is 71.0 Å². The molecular weight excluding hydrogens is 502 g/mol. The van der Waals surface area contributed by atoms with Crippen molar-refractivity contribution in [2.24, 2.45) is 0 Å². The fourth-order valence-corrected chi connectivity index (χ4v) is 4.76. The number of carbonyl (C=O) groups is 3. The molecule has 1 fully saturated rings. The number of ether oxygens (including phenoxy) is 3. The first-order valence-corrected chi connectivity index (χ1v) is 12.8. The second kappa shape index (κ2) is 11.1. The lowest BCUT2D eigenvalue weighted by atomic mass is 10.1. The summed E-state index contributed by atoms with van der Waals surface area (Å²) < 4.78 is 19.0. The minimum Gasteiger partial charge on any atom is -0.493 e. The van der Waals surface area contributed by atoms with Crippen LogP contribution in [-0.2, 0) is 17.9 Å². The average molecular weight is 534 g/mol. The van der Waals surface area contributed by atoms with Crippen LogP contribution in [-0.4, -0.2) is 71.4 Å². The Morgan fingerprint density at radius 2 is 1.92 bits per heavy atom. The first-order valence-electron chi connectivity index (χ1n) is 12.8. The van der Waals surface area contributed by atoms with E-state index in [1.54, 1.807) is 27.8 Å². The Morgan fingerprint density at radius 3 is 2.67 bits per heavy atom. The Balaban J connectivity index is 1.45. The quantitative estimate of drug-likeness (QED) is 0.527. The number of nitrogens with zero attached hydrogens (tertiary/aromatic N) is 3. The fourth-order valence-electron chi connectivity index (χ4n) is 4.76. The van der Waals surface area contributed by atoms with Gasteiger partial charge in [0.1, 0.15) is 17.5 Å². The van der Waals surface area contributed by atoms with Crippen LogP contribution in [0.15, 0.2) is 48.5 Å². The van der Waals surface area contributed by atoms with E-state index >= 15 is 0 Å². The highest BCUT2D eigenvalue weighted by molar-refractivity contribution is 5.96. The molecule has 6 rings (SSSR count). The summed E-state index contributed by atoms with van der Waals surface area (Å²) in [7, 11) is 1.49. The number of amides is 3. The third-order valence-corrected chi connectivity index (χ3v) is 6.78. The molecule has 0 saturated carbocycles. The molecule has 11 nitrogen and oxygen atoms in total. The van der Waals surface area contributed by atoms with Crippen LogP contribution < -0.4 is 24.8 Å². The topological polar surface area (TPSA) is 124 Å². The number of aromatic nitrogens is 2. The van der Waals surface area contributed by atoms with Crippen LogP contribution >= 0.6 is 0 Å². The van der Waals surface area contributed by atoms with E-state index in [1.807, 2.05) is 38.1 Å². The van der Waals surface area contributed by atoms with E-state index in [-0.39, 0.29) is 43.2 Å². The highest BCUT2D eigenvalue weighted by atomic mass is 16.5. The van der Waals surface area contributed by atoms with Crippen molar-refractivity contribution in [2.75, 3.05) is 26.8 Å². The van der Waals surface area contributed by atoms with Crippen molar-refractivity contribution in [1.29, 1.82) is 0 Å². The summed E-state index contributed by atoms with van der Waals surface area (Å²) in [6.45, 7) is 4.98. The first kappa shape index (κ1) is 26.1. The van der Waals surface area contributed by atoms with Crippen molar-refractivity contribution < 1.29 is 28.6 Å². The van der Waals surface area contributed by atoms with E-state index in [2.05, 4.69) is 15.7 Å². The van der Waals surface area contributed by atoms with Crippen molar-refractivity contribution >= 4 is 17.7 Å². The summed E-state index contributed by atoms with van der Waals surface area (Å²) >= 11 is 0. The number of aryl methyl sites for hydroxylation is 2. The molecule has 0 spiro atoms. The zero-order valence-electron chi connectivity index (χ0n) is 22.1. The molecule has 2 N–H and O–H groups in total. The van der Waals surface area contributed by atoms with Gasteiger partial charge in [0.2, 0.25) is 0 Å². The third kappa shape index (κ3) is 5.66. The highest BCUT2D eigenvalue weighted by Crippen LogP contribution is 2.29. The van der Waals surface area contributed by atoms with Gasteiger partial charge >= 0.3 is 0 Å². The second-order valence-electron chi connectivity index (χ2n) is 9.51. The minimum absolute atomic E-state index is 0.170. The second-order valence-corrected chi connectivity index (χ2v) is 9.51. The molecule has 3 aliphatic rings. The normalized spacial score (nSPS) is 19.3. The van der Waals surface area contributed by atoms with Crippen molar-refractivity contribution in [3.63, 3.8) is 0 Å². The lowest BCUT2D eigenvalue weighted by Crippen LogP contribution is -2.45. The first-order chi connectivity index (χ1) is 18.8. The number of fused-ring (bicyclic) bond motifs is 7. The van der Waals surface area contributed by atoms with E-state index in [1.165, 1.54) is 13.2 Å². The Morgan fingerprint density at radius 1 is 1.13 bits per heavy atom. The van der Waals surface area contributed by atoms with Crippen molar-refractivity contribution in [3.8, 4) is 17.2 Å². The Labute approximate surface area is 226 Å². The number of nitrogens with one attached hydrogen (secondary N) is 2. The zero-order valence-corrected chi connectivity index (χ0v) is 22.1. The molecule has 0 radical (unpaired) electrons. The Bertz CT molecular complexity index is 1390. The molecule has 3 amide bonds. The van der Waals surface area contributed by atoms with Gasteiger partial charge in [0.15, 0.2) is 18.1 Å². The molecule has 1 saturated heterocycles. The van der Waals surface area contributed by atoms with Crippen molar-refractivity contribution in [1.82, 2.24) is 25.3 Å². The fraction of sp³-hybridized carbons (Fsp3) is 0.357. The standard InChI is InChI=1S/C28H31N5O6/c1-4-33-22(11-17(2)31-33)28(36)32-14-21-25(15-32)39-20-8-5-18(6-9-20)13-29-26(34)16-38-24-12-19(27(35)30-21)7-10-23(24)37-3/h5-12,21,25H,4,13-16H2,1-3H3,(H,29,34)(H,30,35)/t21-,25-/m0/s1. The number of rotatable bonds is 3. The molecular formula is C28H31N5O6. The predicted octanol–water partition coefficient (Wildman–Crippen LogP) is 1.93. The van der Waals surface area contributed by atoms with Gasteiger partial charge < -0.3 is 29.7 Å². The number of benzene rings is 2. The maximum atomic E-state index is 13.5. The van der Waals surface area contributed by atoms with Crippen LogP contribution in [0.5, 0.6) is 17.2 Å². The molecule has 3 aromatic rings. The minimum atomic E-state index is -0.493. The van der Waals surface area contributed by atoms with Gasteiger partial charge in [0.05, 0.1) is 25.4 Å². The monoisotopic (exact) mass is 533 g/mol. The highest BCUT2D eigenvalue weighted by Gasteiger charge is 2.39. The number of carbonyl (C=O) groups excluding carboxylic acids is 3. The lowest BCUT2D eigenvalue weighted by Gasteiger charge is -2.21. The van der Waals surface area contributed by atoms with Gasteiger partial charge in [-0.2, -0.15) is 5.10 Å². The lowest BCUT2D eigenvalue weighted by molar-refractivity contribution is -0.123. The summed E-state index contributed by atoms with van der Waals surface area (Å²) in [6, 6.07) is 13.4. The molecule has 204 valence electrons. The van der Waals surface area contributed by atoms with Gasteiger partial charge in [-0.25, -0.2) is 0 Å². The van der Waals surface area contributed by atoms with E-state index in [0.29, 0.717) is 35.8 Å². The van der Waals surface area contributed by atoms with Crippen molar-refractivity contribution in [2.45, 2.75) is 39.1 Å². The van der Waals surface area contributed by atoms with Crippen LogP contribution in [0.2, 0.25) is 0 Å².